The summed E-state index contributed by atoms with van der Waals surface area (Å²) in [5, 5.41) is 17.9. The van der Waals surface area contributed by atoms with E-state index in [0.29, 0.717) is 13.0 Å². The van der Waals surface area contributed by atoms with Gasteiger partial charge in [0.15, 0.2) is 6.61 Å². The second-order valence-electron chi connectivity index (χ2n) is 4.55. The van der Waals surface area contributed by atoms with Crippen LogP contribution in [0.15, 0.2) is 0 Å². The number of nitrogens with one attached hydrogen (secondary N) is 1. The number of hydroxylamine groups is 1. The first-order chi connectivity index (χ1) is 8.40. The van der Waals surface area contributed by atoms with Gasteiger partial charge in [-0.2, -0.15) is 0 Å². The molecule has 18 heavy (non-hydrogen) atoms. The summed E-state index contributed by atoms with van der Waals surface area (Å²) in [7, 11) is 3.75. The van der Waals surface area contributed by atoms with Gasteiger partial charge >= 0.3 is 12.0 Å². The lowest BCUT2D eigenvalue weighted by Gasteiger charge is -2.26. The predicted octanol–water partition coefficient (Wildman–Crippen LogP) is -1.29. The molecule has 2 amide bonds. The summed E-state index contributed by atoms with van der Waals surface area (Å²) in [6.45, 7) is 0.255. The minimum atomic E-state index is -1.17. The van der Waals surface area contributed by atoms with Crippen LogP contribution in [0.2, 0.25) is 0 Å². The van der Waals surface area contributed by atoms with Crippen LogP contribution in [0.5, 0.6) is 0 Å². The quantitative estimate of drug-likeness (QED) is 0.532. The fraction of sp³-hybridized carbons (Fsp3) is 0.800. The molecule has 104 valence electrons. The van der Waals surface area contributed by atoms with Crippen LogP contribution >= 0.6 is 0 Å². The molecule has 0 saturated carbocycles. The fourth-order valence-electron chi connectivity index (χ4n) is 1.95. The van der Waals surface area contributed by atoms with Gasteiger partial charge in [-0.15, -0.1) is 0 Å². The van der Waals surface area contributed by atoms with Crippen LogP contribution in [-0.2, 0) is 9.63 Å². The van der Waals surface area contributed by atoms with Gasteiger partial charge in [0.25, 0.3) is 0 Å². The molecule has 3 N–H and O–H groups in total. The largest absolute Gasteiger partial charge is 0.479 e. The molecule has 1 heterocycles. The van der Waals surface area contributed by atoms with Gasteiger partial charge in [0.05, 0.1) is 6.10 Å². The number of amides is 2. The van der Waals surface area contributed by atoms with Gasteiger partial charge in [-0.05, 0) is 20.5 Å². The van der Waals surface area contributed by atoms with E-state index in [9.17, 15) is 14.7 Å². The number of rotatable bonds is 5. The number of hydrogen-bond acceptors (Lipinski definition) is 5. The first kappa shape index (κ1) is 14.7. The van der Waals surface area contributed by atoms with Gasteiger partial charge in [-0.1, -0.05) is 0 Å². The topological polar surface area (TPSA) is 102 Å². The average molecular weight is 261 g/mol. The Morgan fingerprint density at radius 1 is 1.50 bits per heavy atom. The summed E-state index contributed by atoms with van der Waals surface area (Å²) in [6.07, 6.45) is -0.0509. The van der Waals surface area contributed by atoms with Crippen LogP contribution in [0, 0.1) is 0 Å². The highest BCUT2D eigenvalue weighted by molar-refractivity contribution is 5.74. The lowest BCUT2D eigenvalue weighted by molar-refractivity contribution is -0.144. The van der Waals surface area contributed by atoms with Crippen LogP contribution in [0.4, 0.5) is 4.79 Å². The van der Waals surface area contributed by atoms with Crippen molar-refractivity contribution in [3.8, 4) is 0 Å². The Morgan fingerprint density at radius 3 is 2.72 bits per heavy atom. The molecule has 0 aromatic carbocycles. The first-order valence-corrected chi connectivity index (χ1v) is 5.63. The van der Waals surface area contributed by atoms with E-state index < -0.39 is 24.7 Å². The zero-order chi connectivity index (χ0) is 13.7. The van der Waals surface area contributed by atoms with Crippen molar-refractivity contribution in [1.29, 1.82) is 0 Å². The van der Waals surface area contributed by atoms with Crippen LogP contribution < -0.4 is 5.48 Å². The molecule has 1 aliphatic heterocycles. The van der Waals surface area contributed by atoms with Crippen molar-refractivity contribution < 1.29 is 24.6 Å². The molecule has 2 unspecified atom stereocenters. The third-order valence-corrected chi connectivity index (χ3v) is 2.58. The molecule has 1 aliphatic rings. The third-order valence-electron chi connectivity index (χ3n) is 2.58. The second-order valence-corrected chi connectivity index (χ2v) is 4.55. The molecular formula is C10H19N3O5. The first-order valence-electron chi connectivity index (χ1n) is 5.63. The van der Waals surface area contributed by atoms with Crippen molar-refractivity contribution in [3.05, 3.63) is 0 Å². The molecule has 0 aliphatic carbocycles. The molecule has 1 fully saturated rings. The Kier molecular flexibility index (Phi) is 5.32. The van der Waals surface area contributed by atoms with Gasteiger partial charge in [-0.25, -0.2) is 15.1 Å². The van der Waals surface area contributed by atoms with Gasteiger partial charge < -0.3 is 20.0 Å². The van der Waals surface area contributed by atoms with Gasteiger partial charge in [0.2, 0.25) is 0 Å². The monoisotopic (exact) mass is 261 g/mol. The molecule has 0 aromatic heterocycles. The lowest BCUT2D eigenvalue weighted by atomic mass is 10.2. The molecular weight excluding hydrogens is 242 g/mol. The number of aliphatic hydroxyl groups excluding tert-OH is 1. The fourth-order valence-corrected chi connectivity index (χ4v) is 1.95. The molecule has 2 atom stereocenters. The van der Waals surface area contributed by atoms with Crippen LogP contribution in [0.1, 0.15) is 6.42 Å². The molecule has 0 aromatic rings. The minimum Gasteiger partial charge on any atom is -0.479 e. The Morgan fingerprint density at radius 2 is 2.17 bits per heavy atom. The van der Waals surface area contributed by atoms with Crippen molar-refractivity contribution >= 4 is 12.0 Å². The number of nitrogens with zero attached hydrogens (tertiary/aromatic N) is 2. The highest BCUT2D eigenvalue weighted by atomic mass is 16.7. The molecule has 8 nitrogen and oxygen atoms in total. The Labute approximate surface area is 105 Å². The SMILES string of the molecule is CN(C)CC1CC(O)CN1C(=O)NOCC(=O)O. The van der Waals surface area contributed by atoms with Crippen molar-refractivity contribution in [2.24, 2.45) is 0 Å². The summed E-state index contributed by atoms with van der Waals surface area (Å²) in [5.74, 6) is -1.17. The van der Waals surface area contributed by atoms with Crippen LogP contribution in [-0.4, -0.2) is 78.0 Å². The molecule has 0 bridgehead atoms. The van der Waals surface area contributed by atoms with E-state index in [2.05, 4.69) is 10.3 Å². The number of aliphatic carboxylic acids is 1. The molecule has 0 radical (unpaired) electrons. The molecule has 1 rings (SSSR count). The van der Waals surface area contributed by atoms with E-state index in [-0.39, 0.29) is 12.6 Å². The summed E-state index contributed by atoms with van der Waals surface area (Å²) >= 11 is 0. The van der Waals surface area contributed by atoms with Crippen LogP contribution in [0.25, 0.3) is 0 Å². The van der Waals surface area contributed by atoms with Crippen molar-refractivity contribution in [2.45, 2.75) is 18.6 Å². The second kappa shape index (κ2) is 6.53. The number of urea groups is 1. The molecule has 8 heteroatoms. The Hall–Kier alpha value is -1.38. The smallest absolute Gasteiger partial charge is 0.341 e. The zero-order valence-corrected chi connectivity index (χ0v) is 10.5. The number of carboxylic acid groups (broad SMARTS) is 1. The number of β-amino-alcohol motifs (C(OH)–C–C–N with tert-alkyl or cyclic N) is 1. The summed E-state index contributed by atoms with van der Waals surface area (Å²) in [5.41, 5.74) is 2.06. The van der Waals surface area contributed by atoms with E-state index in [0.717, 1.165) is 0 Å². The van der Waals surface area contributed by atoms with Crippen molar-refractivity contribution in [1.82, 2.24) is 15.3 Å². The maximum atomic E-state index is 11.7. The normalized spacial score (nSPS) is 23.4. The average Bonchev–Trinajstić information content (AvgIpc) is 2.57. The van der Waals surface area contributed by atoms with Crippen molar-refractivity contribution in [2.75, 3.05) is 33.8 Å². The van der Waals surface area contributed by atoms with Crippen molar-refractivity contribution in [3.63, 3.8) is 0 Å². The minimum absolute atomic E-state index is 0.108. The Bertz CT molecular complexity index is 310. The lowest BCUT2D eigenvalue weighted by Crippen LogP contribution is -2.46. The van der Waals surface area contributed by atoms with Gasteiger partial charge in [0.1, 0.15) is 0 Å². The van der Waals surface area contributed by atoms with E-state index in [4.69, 9.17) is 5.11 Å². The maximum Gasteiger partial charge on any atom is 0.341 e. The highest BCUT2D eigenvalue weighted by Crippen LogP contribution is 2.18. The number of carbonyl (C=O) groups is 2. The van der Waals surface area contributed by atoms with Gasteiger partial charge in [-0.3, -0.25) is 4.84 Å². The third kappa shape index (κ3) is 4.47. The number of aliphatic hydroxyl groups is 1. The van der Waals surface area contributed by atoms with Gasteiger partial charge in [0, 0.05) is 19.1 Å². The van der Waals surface area contributed by atoms with E-state index >= 15 is 0 Å². The Balaban J connectivity index is 2.46. The summed E-state index contributed by atoms with van der Waals surface area (Å²) in [6, 6.07) is -0.636. The number of carboxylic acids is 1. The number of likely N-dealkylation sites (tertiary alicyclic amines) is 1. The summed E-state index contributed by atoms with van der Waals surface area (Å²) < 4.78 is 0. The van der Waals surface area contributed by atoms with E-state index in [1.165, 1.54) is 4.90 Å². The summed E-state index contributed by atoms with van der Waals surface area (Å²) in [4.78, 5) is 29.8. The van der Waals surface area contributed by atoms with E-state index in [1.807, 2.05) is 19.0 Å². The van der Waals surface area contributed by atoms with Crippen LogP contribution in [0.3, 0.4) is 0 Å². The molecule has 1 saturated heterocycles. The standard InChI is InChI=1S/C10H19N3O5/c1-12(2)4-7-3-8(14)5-13(7)10(17)11-18-6-9(15)16/h7-8,14H,3-6H2,1-2H3,(H,11,17)(H,15,16). The number of carbonyl (C=O) groups excluding carboxylic acids is 1. The maximum absolute atomic E-state index is 11.7. The zero-order valence-electron chi connectivity index (χ0n) is 10.5. The number of likely N-dealkylation sites (N-methyl/N-ethyl adjacent to an activating group) is 1. The van der Waals surface area contributed by atoms with E-state index in [1.54, 1.807) is 0 Å². The highest BCUT2D eigenvalue weighted by Gasteiger charge is 2.34. The molecule has 0 spiro atoms. The number of hydrogen-bond donors (Lipinski definition) is 3. The predicted molar refractivity (Wildman–Crippen MR) is 61.8 cm³/mol.